The van der Waals surface area contributed by atoms with Crippen LogP contribution in [-0.4, -0.2) is 19.9 Å². The van der Waals surface area contributed by atoms with Crippen molar-refractivity contribution in [2.75, 3.05) is 0 Å². The fourth-order valence-corrected chi connectivity index (χ4v) is 5.34. The van der Waals surface area contributed by atoms with Crippen molar-refractivity contribution in [3.63, 3.8) is 0 Å². The van der Waals surface area contributed by atoms with Crippen molar-refractivity contribution in [3.05, 3.63) is 96.8 Å². The molecule has 0 aliphatic rings. The Balaban J connectivity index is 2.06. The molecule has 35 heavy (non-hydrogen) atoms. The summed E-state index contributed by atoms with van der Waals surface area (Å²) in [6.07, 6.45) is -1.98. The molecule has 0 amide bonds. The molecule has 6 nitrogen and oxygen atoms in total. The Hall–Kier alpha value is -3.53. The predicted octanol–water partition coefficient (Wildman–Crippen LogP) is 4.65. The van der Waals surface area contributed by atoms with Gasteiger partial charge < -0.3 is 0 Å². The van der Waals surface area contributed by atoms with E-state index in [-0.39, 0.29) is 50.7 Å². The monoisotopic (exact) mass is 501 g/mol. The maximum atomic E-state index is 13.7. The van der Waals surface area contributed by atoms with E-state index in [0.29, 0.717) is 0 Å². The zero-order valence-electron chi connectivity index (χ0n) is 19.2. The van der Waals surface area contributed by atoms with Gasteiger partial charge in [0, 0.05) is 42.8 Å². The van der Waals surface area contributed by atoms with Gasteiger partial charge in [0.25, 0.3) is 5.56 Å². The molecule has 10 heteroatoms. The van der Waals surface area contributed by atoms with E-state index >= 15 is 0 Å². The molecule has 0 N–H and O–H groups in total. The van der Waals surface area contributed by atoms with Crippen LogP contribution in [-0.2, 0) is 26.2 Å². The van der Waals surface area contributed by atoms with E-state index in [1.54, 1.807) is 6.07 Å². The van der Waals surface area contributed by atoms with Crippen LogP contribution in [0.1, 0.15) is 45.8 Å². The van der Waals surface area contributed by atoms with Crippen LogP contribution in [0.4, 0.5) is 13.2 Å². The number of pyridine rings is 1. The molecule has 3 heterocycles. The molecule has 0 aliphatic heterocycles. The number of carbonyl (C=O) groups is 1. The Kier molecular flexibility index (Phi) is 6.50. The number of hydrogen-bond acceptors (Lipinski definition) is 5. The summed E-state index contributed by atoms with van der Waals surface area (Å²) in [7, 11) is 1.33. The van der Waals surface area contributed by atoms with Crippen LogP contribution >= 0.6 is 11.3 Å². The number of alkyl halides is 3. The Bertz CT molecular complexity index is 1530. The van der Waals surface area contributed by atoms with Gasteiger partial charge in [0.1, 0.15) is 4.83 Å². The molecule has 4 rings (SSSR count). The highest BCUT2D eigenvalue weighted by Crippen LogP contribution is 2.37. The third-order valence-corrected chi connectivity index (χ3v) is 6.83. The zero-order valence-corrected chi connectivity index (χ0v) is 20.0. The van der Waals surface area contributed by atoms with Gasteiger partial charge in [-0.15, -0.1) is 11.3 Å². The summed E-state index contributed by atoms with van der Waals surface area (Å²) in [6, 6.07) is 8.22. The summed E-state index contributed by atoms with van der Waals surface area (Å²) in [6.45, 7) is 4.08. The average Bonchev–Trinajstić information content (AvgIpc) is 3.19. The van der Waals surface area contributed by atoms with E-state index < -0.39 is 28.8 Å². The molecular formula is C25H22F3N3O3S. The Labute approximate surface area is 202 Å². The second-order valence-electron chi connectivity index (χ2n) is 8.63. The van der Waals surface area contributed by atoms with Gasteiger partial charge in [0.05, 0.1) is 16.5 Å². The Morgan fingerprint density at radius 1 is 1.11 bits per heavy atom. The van der Waals surface area contributed by atoms with Crippen LogP contribution < -0.4 is 11.2 Å². The van der Waals surface area contributed by atoms with Gasteiger partial charge in [0.15, 0.2) is 5.78 Å². The van der Waals surface area contributed by atoms with Crippen molar-refractivity contribution in [2.45, 2.75) is 33.0 Å². The van der Waals surface area contributed by atoms with Crippen molar-refractivity contribution in [1.82, 2.24) is 14.1 Å². The van der Waals surface area contributed by atoms with Gasteiger partial charge in [-0.3, -0.25) is 23.7 Å². The van der Waals surface area contributed by atoms with Crippen LogP contribution in [0.3, 0.4) is 0 Å². The minimum Gasteiger partial charge on any atom is -0.288 e. The number of halogens is 3. The van der Waals surface area contributed by atoms with Crippen LogP contribution in [0, 0.1) is 5.92 Å². The third-order valence-electron chi connectivity index (χ3n) is 5.62. The molecule has 182 valence electrons. The van der Waals surface area contributed by atoms with Gasteiger partial charge >= 0.3 is 11.9 Å². The largest absolute Gasteiger partial charge is 0.416 e. The van der Waals surface area contributed by atoms with Crippen LogP contribution in [0.5, 0.6) is 0 Å². The highest BCUT2D eigenvalue weighted by atomic mass is 32.1. The van der Waals surface area contributed by atoms with E-state index in [1.165, 1.54) is 48.3 Å². The van der Waals surface area contributed by atoms with Gasteiger partial charge in [-0.1, -0.05) is 32.0 Å². The Morgan fingerprint density at radius 2 is 1.83 bits per heavy atom. The predicted molar refractivity (Wildman–Crippen MR) is 128 cm³/mol. The summed E-state index contributed by atoms with van der Waals surface area (Å²) in [4.78, 5) is 44.3. The first-order valence-corrected chi connectivity index (χ1v) is 11.7. The van der Waals surface area contributed by atoms with E-state index in [4.69, 9.17) is 0 Å². The van der Waals surface area contributed by atoms with Gasteiger partial charge in [-0.05, 0) is 29.7 Å². The number of rotatable bonds is 6. The van der Waals surface area contributed by atoms with Crippen molar-refractivity contribution in [1.29, 1.82) is 0 Å². The minimum absolute atomic E-state index is 0.00748. The highest BCUT2D eigenvalue weighted by Gasteiger charge is 2.34. The third kappa shape index (κ3) is 4.58. The SMILES string of the molecule is CC(C)Cn1c(=O)n(C)c(=O)c2c(C(=O)c3cccnc3)c(Cc3ccccc3C(F)(F)F)sc21. The zero-order chi connectivity index (χ0) is 25.5. The lowest BCUT2D eigenvalue weighted by Gasteiger charge is -2.12. The van der Waals surface area contributed by atoms with Crippen molar-refractivity contribution >= 4 is 27.3 Å². The van der Waals surface area contributed by atoms with E-state index in [0.717, 1.165) is 22.0 Å². The molecular weight excluding hydrogens is 479 g/mol. The maximum absolute atomic E-state index is 13.7. The topological polar surface area (TPSA) is 74.0 Å². The maximum Gasteiger partial charge on any atom is 0.416 e. The molecule has 0 bridgehead atoms. The number of fused-ring (bicyclic) bond motifs is 1. The van der Waals surface area contributed by atoms with Crippen LogP contribution in [0.15, 0.2) is 58.4 Å². The fraction of sp³-hybridized carbons (Fsp3) is 0.280. The summed E-state index contributed by atoms with van der Waals surface area (Å²) >= 11 is 1.01. The van der Waals surface area contributed by atoms with Gasteiger partial charge in [-0.25, -0.2) is 4.79 Å². The number of thiophene rings is 1. The first-order valence-electron chi connectivity index (χ1n) is 10.9. The molecule has 0 saturated carbocycles. The average molecular weight is 502 g/mol. The molecule has 0 radical (unpaired) electrons. The smallest absolute Gasteiger partial charge is 0.288 e. The van der Waals surface area contributed by atoms with Gasteiger partial charge in [-0.2, -0.15) is 13.2 Å². The number of benzene rings is 1. The lowest BCUT2D eigenvalue weighted by atomic mass is 9.97. The molecule has 0 fully saturated rings. The van der Waals surface area contributed by atoms with E-state index in [2.05, 4.69) is 4.98 Å². The first-order chi connectivity index (χ1) is 16.5. The van der Waals surface area contributed by atoms with Gasteiger partial charge in [0.2, 0.25) is 0 Å². The quantitative estimate of drug-likeness (QED) is 0.361. The van der Waals surface area contributed by atoms with Crippen LogP contribution in [0.25, 0.3) is 10.2 Å². The van der Waals surface area contributed by atoms with Crippen LogP contribution in [0.2, 0.25) is 0 Å². The Morgan fingerprint density at radius 3 is 2.46 bits per heavy atom. The van der Waals surface area contributed by atoms with E-state index in [9.17, 15) is 27.6 Å². The summed E-state index contributed by atoms with van der Waals surface area (Å²) in [5, 5.41) is 0.0334. The van der Waals surface area contributed by atoms with Crippen molar-refractivity contribution in [2.24, 2.45) is 13.0 Å². The standard InChI is InChI=1S/C25H22F3N3O3S/c1-14(2)13-31-23-20(22(33)30(3)24(31)34)19(21(32)16-8-6-10-29-12-16)18(35-23)11-15-7-4-5-9-17(15)25(26,27)28/h4-10,12,14H,11,13H2,1-3H3. The molecule has 0 aliphatic carbocycles. The normalized spacial score (nSPS) is 12.0. The molecule has 3 aromatic heterocycles. The summed E-state index contributed by atoms with van der Waals surface area (Å²) in [5.74, 6) is -0.488. The summed E-state index contributed by atoms with van der Waals surface area (Å²) < 4.78 is 43.4. The first kappa shape index (κ1) is 24.6. The molecule has 0 atom stereocenters. The molecule has 0 spiro atoms. The second kappa shape index (κ2) is 9.26. The minimum atomic E-state index is -4.59. The highest BCUT2D eigenvalue weighted by molar-refractivity contribution is 7.19. The number of nitrogens with zero attached hydrogens (tertiary/aromatic N) is 3. The lowest BCUT2D eigenvalue weighted by molar-refractivity contribution is -0.138. The molecule has 0 unspecified atom stereocenters. The second-order valence-corrected chi connectivity index (χ2v) is 9.72. The van der Waals surface area contributed by atoms with Crippen molar-refractivity contribution < 1.29 is 18.0 Å². The molecule has 0 saturated heterocycles. The summed E-state index contributed by atoms with van der Waals surface area (Å²) in [5.41, 5.74) is -1.84. The number of carbonyl (C=O) groups excluding carboxylic acids is 1. The lowest BCUT2D eigenvalue weighted by Crippen LogP contribution is -2.38. The number of hydrogen-bond donors (Lipinski definition) is 0. The van der Waals surface area contributed by atoms with E-state index in [1.807, 2.05) is 13.8 Å². The van der Waals surface area contributed by atoms with Crippen molar-refractivity contribution in [3.8, 4) is 0 Å². The number of ketones is 1. The fourth-order valence-electron chi connectivity index (χ4n) is 4.03. The molecule has 4 aromatic rings. The number of aromatic nitrogens is 3. The molecule has 1 aromatic carbocycles.